The third-order valence-corrected chi connectivity index (χ3v) is 1.14. The molecule has 0 heterocycles. The molecular weight excluding hydrogens is 201 g/mol. The molecule has 0 rings (SSSR count). The maximum absolute atomic E-state index is 11.5. The van der Waals surface area contributed by atoms with Crippen molar-refractivity contribution >= 4 is 5.78 Å². The average molecular weight is 214 g/mol. The van der Waals surface area contributed by atoms with Gasteiger partial charge in [-0.1, -0.05) is 6.92 Å². The number of hydrogen-bond acceptors (Lipinski definition) is 3. The molecule has 0 fully saturated rings. The van der Waals surface area contributed by atoms with E-state index >= 15 is 0 Å². The molecule has 0 spiro atoms. The Kier molecular flexibility index (Phi) is 6.48. The van der Waals surface area contributed by atoms with Crippen LogP contribution in [0, 0.1) is 0 Å². The molecule has 0 aliphatic heterocycles. The van der Waals surface area contributed by atoms with Crippen LogP contribution in [0.3, 0.4) is 0 Å². The van der Waals surface area contributed by atoms with Crippen molar-refractivity contribution in [3.63, 3.8) is 0 Å². The van der Waals surface area contributed by atoms with Crippen LogP contribution in [0.1, 0.15) is 13.3 Å². The first-order chi connectivity index (χ1) is 6.45. The van der Waals surface area contributed by atoms with Crippen molar-refractivity contribution in [3.05, 3.63) is 0 Å². The summed E-state index contributed by atoms with van der Waals surface area (Å²) in [6.07, 6.45) is -3.62. The molecule has 6 heteroatoms. The number of hydrogen-bond donors (Lipinski definition) is 0. The lowest BCUT2D eigenvalue weighted by atomic mass is 10.4. The van der Waals surface area contributed by atoms with Crippen molar-refractivity contribution in [2.24, 2.45) is 0 Å². The predicted molar refractivity (Wildman–Crippen MR) is 43.0 cm³/mol. The highest BCUT2D eigenvalue weighted by molar-refractivity contribution is 5.80. The average Bonchev–Trinajstić information content (AvgIpc) is 2.02. The van der Waals surface area contributed by atoms with Crippen molar-refractivity contribution in [2.75, 3.05) is 26.4 Å². The van der Waals surface area contributed by atoms with Gasteiger partial charge in [-0.25, -0.2) is 0 Å². The molecule has 0 bridgehead atoms. The first kappa shape index (κ1) is 13.4. The topological polar surface area (TPSA) is 35.5 Å². The number of carbonyl (C=O) groups is 1. The van der Waals surface area contributed by atoms with Gasteiger partial charge in [-0.15, -0.1) is 0 Å². The standard InChI is InChI=1S/C8H13F3O3/c1-2-3-13-4-7(12)5-14-6-8(9,10)11/h2-6H2,1H3. The van der Waals surface area contributed by atoms with Crippen LogP contribution >= 0.6 is 0 Å². The first-order valence-electron chi connectivity index (χ1n) is 4.19. The number of Topliss-reactive ketones (excluding diaryl/α,β-unsaturated/α-hetero) is 1. The summed E-state index contributed by atoms with van der Waals surface area (Å²) < 4.78 is 43.6. The van der Waals surface area contributed by atoms with E-state index in [0.717, 1.165) is 6.42 Å². The van der Waals surface area contributed by atoms with Crippen molar-refractivity contribution in [1.82, 2.24) is 0 Å². The van der Waals surface area contributed by atoms with E-state index in [2.05, 4.69) is 4.74 Å². The number of rotatable bonds is 7. The Morgan fingerprint density at radius 3 is 2.29 bits per heavy atom. The minimum absolute atomic E-state index is 0.189. The van der Waals surface area contributed by atoms with E-state index in [1.807, 2.05) is 6.92 Å². The summed E-state index contributed by atoms with van der Waals surface area (Å²) in [5.41, 5.74) is 0. The highest BCUT2D eigenvalue weighted by Gasteiger charge is 2.27. The lowest BCUT2D eigenvalue weighted by Gasteiger charge is -2.06. The van der Waals surface area contributed by atoms with Crippen LogP contribution in [0.4, 0.5) is 13.2 Å². The number of alkyl halides is 3. The van der Waals surface area contributed by atoms with Gasteiger partial charge in [-0.05, 0) is 6.42 Å². The first-order valence-corrected chi connectivity index (χ1v) is 4.19. The second-order valence-electron chi connectivity index (χ2n) is 2.70. The number of halogens is 3. The Hall–Kier alpha value is -0.620. The Morgan fingerprint density at radius 1 is 1.21 bits per heavy atom. The third-order valence-electron chi connectivity index (χ3n) is 1.14. The molecule has 0 aromatic rings. The van der Waals surface area contributed by atoms with E-state index in [9.17, 15) is 18.0 Å². The number of carbonyl (C=O) groups excluding carboxylic acids is 1. The Bertz CT molecular complexity index is 168. The maximum atomic E-state index is 11.5. The van der Waals surface area contributed by atoms with Crippen molar-refractivity contribution < 1.29 is 27.4 Å². The van der Waals surface area contributed by atoms with E-state index in [4.69, 9.17) is 4.74 Å². The van der Waals surface area contributed by atoms with Gasteiger partial charge in [0, 0.05) is 6.61 Å². The zero-order valence-electron chi connectivity index (χ0n) is 7.89. The molecule has 14 heavy (non-hydrogen) atoms. The summed E-state index contributed by atoms with van der Waals surface area (Å²) >= 11 is 0. The van der Waals surface area contributed by atoms with Gasteiger partial charge in [-0.3, -0.25) is 4.79 Å². The summed E-state index contributed by atoms with van der Waals surface area (Å²) in [5, 5.41) is 0. The van der Waals surface area contributed by atoms with Gasteiger partial charge in [-0.2, -0.15) is 13.2 Å². The van der Waals surface area contributed by atoms with Crippen LogP contribution < -0.4 is 0 Å². The Balaban J connectivity index is 3.36. The molecule has 84 valence electrons. The van der Waals surface area contributed by atoms with Gasteiger partial charge < -0.3 is 9.47 Å². The zero-order chi connectivity index (χ0) is 11.0. The molecule has 0 N–H and O–H groups in total. The van der Waals surface area contributed by atoms with E-state index in [-0.39, 0.29) is 6.61 Å². The molecule has 0 radical (unpaired) electrons. The highest BCUT2D eigenvalue weighted by atomic mass is 19.4. The molecule has 0 aliphatic carbocycles. The van der Waals surface area contributed by atoms with Gasteiger partial charge in [0.25, 0.3) is 0 Å². The van der Waals surface area contributed by atoms with E-state index in [0.29, 0.717) is 6.61 Å². The fourth-order valence-electron chi connectivity index (χ4n) is 0.653. The lowest BCUT2D eigenvalue weighted by molar-refractivity contribution is -0.176. The summed E-state index contributed by atoms with van der Waals surface area (Å²) in [4.78, 5) is 10.8. The van der Waals surface area contributed by atoms with Crippen LogP contribution in [0.5, 0.6) is 0 Å². The van der Waals surface area contributed by atoms with E-state index in [1.54, 1.807) is 0 Å². The van der Waals surface area contributed by atoms with E-state index < -0.39 is 25.2 Å². The minimum atomic E-state index is -4.38. The normalized spacial score (nSPS) is 11.7. The molecular formula is C8H13F3O3. The summed E-state index contributed by atoms with van der Waals surface area (Å²) in [7, 11) is 0. The largest absolute Gasteiger partial charge is 0.411 e. The van der Waals surface area contributed by atoms with Crippen molar-refractivity contribution in [2.45, 2.75) is 19.5 Å². The van der Waals surface area contributed by atoms with Crippen molar-refractivity contribution in [1.29, 1.82) is 0 Å². The van der Waals surface area contributed by atoms with Crippen LogP contribution in [0.15, 0.2) is 0 Å². The summed E-state index contributed by atoms with van der Waals surface area (Å²) in [6, 6.07) is 0. The molecule has 0 atom stereocenters. The van der Waals surface area contributed by atoms with Crippen LogP contribution in [0.25, 0.3) is 0 Å². The quantitative estimate of drug-likeness (QED) is 0.603. The Morgan fingerprint density at radius 2 is 1.79 bits per heavy atom. The number of ketones is 1. The minimum Gasteiger partial charge on any atom is -0.374 e. The monoisotopic (exact) mass is 214 g/mol. The number of ether oxygens (including phenoxy) is 2. The van der Waals surface area contributed by atoms with Gasteiger partial charge in [0.15, 0.2) is 5.78 Å². The fourth-order valence-corrected chi connectivity index (χ4v) is 0.653. The van der Waals surface area contributed by atoms with Crippen LogP contribution in [-0.4, -0.2) is 38.4 Å². The maximum Gasteiger partial charge on any atom is 0.411 e. The molecule has 0 amide bonds. The van der Waals surface area contributed by atoms with Crippen molar-refractivity contribution in [3.8, 4) is 0 Å². The molecule has 0 saturated carbocycles. The van der Waals surface area contributed by atoms with E-state index in [1.165, 1.54) is 0 Å². The second-order valence-corrected chi connectivity index (χ2v) is 2.70. The van der Waals surface area contributed by atoms with Gasteiger partial charge in [0.1, 0.15) is 19.8 Å². The second kappa shape index (κ2) is 6.78. The molecule has 0 aromatic heterocycles. The van der Waals surface area contributed by atoms with Gasteiger partial charge in [0.05, 0.1) is 0 Å². The Labute approximate surface area is 80.2 Å². The van der Waals surface area contributed by atoms with Crippen LogP contribution in [-0.2, 0) is 14.3 Å². The zero-order valence-corrected chi connectivity index (χ0v) is 7.89. The smallest absolute Gasteiger partial charge is 0.374 e. The van der Waals surface area contributed by atoms with Gasteiger partial charge in [0.2, 0.25) is 0 Å². The molecule has 0 aromatic carbocycles. The molecule has 0 unspecified atom stereocenters. The molecule has 0 saturated heterocycles. The van der Waals surface area contributed by atoms with Crippen LogP contribution in [0.2, 0.25) is 0 Å². The molecule has 3 nitrogen and oxygen atoms in total. The lowest BCUT2D eigenvalue weighted by Crippen LogP contribution is -2.22. The SMILES string of the molecule is CCCOCC(=O)COCC(F)(F)F. The molecule has 0 aliphatic rings. The summed E-state index contributed by atoms with van der Waals surface area (Å²) in [5.74, 6) is -0.484. The van der Waals surface area contributed by atoms with Gasteiger partial charge >= 0.3 is 6.18 Å². The summed E-state index contributed by atoms with van der Waals surface area (Å²) in [6.45, 7) is 0.150. The predicted octanol–water partition coefficient (Wildman–Crippen LogP) is 1.56. The highest BCUT2D eigenvalue weighted by Crippen LogP contribution is 2.14. The third kappa shape index (κ3) is 9.47. The fraction of sp³-hybridized carbons (Fsp3) is 0.875.